The van der Waals surface area contributed by atoms with Gasteiger partial charge in [-0.05, 0) is 92.2 Å². The number of fused-ring (bicyclic) bond motifs is 5. The number of anilines is 3. The number of furan rings is 1. The second kappa shape index (κ2) is 13.4. The Morgan fingerprint density at radius 1 is 0.315 bits per heavy atom. The van der Waals surface area contributed by atoms with Crippen molar-refractivity contribution in [2.24, 2.45) is 0 Å². The van der Waals surface area contributed by atoms with Gasteiger partial charge in [0.15, 0.2) is 0 Å². The van der Waals surface area contributed by atoms with Crippen LogP contribution in [0.2, 0.25) is 0 Å². The van der Waals surface area contributed by atoms with Crippen LogP contribution in [-0.4, -0.2) is 0 Å². The van der Waals surface area contributed by atoms with Crippen LogP contribution in [0.4, 0.5) is 17.1 Å². The normalized spacial score (nSPS) is 11.3. The lowest BCUT2D eigenvalue weighted by molar-refractivity contribution is 0.670. The third-order valence-corrected chi connectivity index (χ3v) is 10.5. The molecule has 0 radical (unpaired) electrons. The Kier molecular flexibility index (Phi) is 7.85. The molecule has 0 fully saturated rings. The van der Waals surface area contributed by atoms with E-state index in [1.165, 1.54) is 44.2 Å². The maximum absolute atomic E-state index is 6.95. The summed E-state index contributed by atoms with van der Waals surface area (Å²) in [5, 5.41) is 4.56. The highest BCUT2D eigenvalue weighted by molar-refractivity contribution is 6.25. The van der Waals surface area contributed by atoms with Gasteiger partial charge in [0.1, 0.15) is 11.2 Å². The van der Waals surface area contributed by atoms with Crippen molar-refractivity contribution in [1.82, 2.24) is 0 Å². The highest BCUT2D eigenvalue weighted by Crippen LogP contribution is 2.48. The number of rotatable bonds is 7. The van der Waals surface area contributed by atoms with Crippen LogP contribution in [0.15, 0.2) is 217 Å². The van der Waals surface area contributed by atoms with Gasteiger partial charge >= 0.3 is 0 Å². The summed E-state index contributed by atoms with van der Waals surface area (Å²) in [6.45, 7) is 0. The lowest BCUT2D eigenvalue weighted by Crippen LogP contribution is -2.10. The van der Waals surface area contributed by atoms with E-state index in [1.54, 1.807) is 0 Å². The monoisotopic (exact) mass is 689 g/mol. The Bertz CT molecular complexity index is 2790. The van der Waals surface area contributed by atoms with Crippen LogP contribution in [-0.2, 0) is 0 Å². The molecule has 0 unspecified atom stereocenters. The first-order valence-corrected chi connectivity index (χ1v) is 18.4. The molecule has 0 saturated carbocycles. The fourth-order valence-corrected chi connectivity index (χ4v) is 7.81. The molecule has 54 heavy (non-hydrogen) atoms. The van der Waals surface area contributed by atoms with Gasteiger partial charge in [-0.2, -0.15) is 0 Å². The molecule has 0 N–H and O–H groups in total. The molecule has 1 aromatic heterocycles. The van der Waals surface area contributed by atoms with Gasteiger partial charge in [0.2, 0.25) is 0 Å². The van der Waals surface area contributed by atoms with Crippen LogP contribution in [0.5, 0.6) is 0 Å². The molecule has 0 aliphatic heterocycles. The zero-order chi connectivity index (χ0) is 35.8. The van der Waals surface area contributed by atoms with Crippen molar-refractivity contribution in [3.05, 3.63) is 212 Å². The standard InChI is InChI=1S/C52H35NO/c1-4-12-36(13-5-1)39-20-22-43(23-21-39)47-33-34-48(51-50-46-19-11-10-18-42(46)28-35-49(50)54-52(47)51)53(44-29-24-40(25-30-44)37-14-6-2-7-15-37)45-31-26-41(27-32-45)38-16-8-3-9-17-38/h1-35H. The quantitative estimate of drug-likeness (QED) is 0.166. The van der Waals surface area contributed by atoms with E-state index < -0.39 is 0 Å². The molecule has 0 spiro atoms. The summed E-state index contributed by atoms with van der Waals surface area (Å²) in [7, 11) is 0. The highest BCUT2D eigenvalue weighted by Gasteiger charge is 2.23. The second-order valence-electron chi connectivity index (χ2n) is 13.7. The van der Waals surface area contributed by atoms with Crippen LogP contribution in [0, 0.1) is 0 Å². The van der Waals surface area contributed by atoms with Crippen molar-refractivity contribution >= 4 is 49.8 Å². The molecule has 0 amide bonds. The van der Waals surface area contributed by atoms with Crippen molar-refractivity contribution in [3.8, 4) is 44.5 Å². The molecule has 254 valence electrons. The predicted octanol–water partition coefficient (Wildman–Crippen LogP) is 14.9. The molecule has 10 rings (SSSR count). The van der Waals surface area contributed by atoms with Crippen molar-refractivity contribution in [2.75, 3.05) is 4.90 Å². The maximum Gasteiger partial charge on any atom is 0.145 e. The average Bonchev–Trinajstić information content (AvgIpc) is 3.66. The van der Waals surface area contributed by atoms with Gasteiger partial charge in [0.05, 0.1) is 11.1 Å². The van der Waals surface area contributed by atoms with E-state index in [4.69, 9.17) is 4.42 Å². The van der Waals surface area contributed by atoms with Gasteiger partial charge in [0, 0.05) is 22.3 Å². The molecular formula is C52H35NO. The first-order valence-electron chi connectivity index (χ1n) is 18.4. The van der Waals surface area contributed by atoms with Crippen LogP contribution < -0.4 is 4.90 Å². The third kappa shape index (κ3) is 5.62. The Morgan fingerprint density at radius 2 is 0.759 bits per heavy atom. The van der Waals surface area contributed by atoms with E-state index in [2.05, 4.69) is 217 Å². The minimum atomic E-state index is 0.872. The highest BCUT2D eigenvalue weighted by atomic mass is 16.3. The van der Waals surface area contributed by atoms with Gasteiger partial charge in [-0.15, -0.1) is 0 Å². The van der Waals surface area contributed by atoms with Crippen LogP contribution >= 0.6 is 0 Å². The lowest BCUT2D eigenvalue weighted by Gasteiger charge is -2.27. The van der Waals surface area contributed by atoms with Crippen molar-refractivity contribution in [3.63, 3.8) is 0 Å². The molecular weight excluding hydrogens is 655 g/mol. The zero-order valence-corrected chi connectivity index (χ0v) is 29.6. The molecule has 0 atom stereocenters. The molecule has 1 heterocycles. The summed E-state index contributed by atoms with van der Waals surface area (Å²) in [4.78, 5) is 2.38. The third-order valence-electron chi connectivity index (χ3n) is 10.5. The fraction of sp³-hybridized carbons (Fsp3) is 0. The summed E-state index contributed by atoms with van der Waals surface area (Å²) in [6.07, 6.45) is 0. The van der Waals surface area contributed by atoms with E-state index in [-0.39, 0.29) is 0 Å². The number of benzene rings is 9. The van der Waals surface area contributed by atoms with Gasteiger partial charge in [-0.25, -0.2) is 0 Å². The maximum atomic E-state index is 6.95. The Labute approximate surface area is 314 Å². The number of hydrogen-bond donors (Lipinski definition) is 0. The minimum Gasteiger partial charge on any atom is -0.455 e. The smallest absolute Gasteiger partial charge is 0.145 e. The number of hydrogen-bond acceptors (Lipinski definition) is 2. The Hall–Kier alpha value is -7.16. The molecule has 0 saturated heterocycles. The summed E-state index contributed by atoms with van der Waals surface area (Å²) in [5.74, 6) is 0. The van der Waals surface area contributed by atoms with Crippen LogP contribution in [0.25, 0.3) is 77.2 Å². The lowest BCUT2D eigenvalue weighted by atomic mass is 9.96. The summed E-state index contributed by atoms with van der Waals surface area (Å²) in [6, 6.07) is 75.7. The molecule has 2 heteroatoms. The zero-order valence-electron chi connectivity index (χ0n) is 29.6. The van der Waals surface area contributed by atoms with Gasteiger partial charge in [0.25, 0.3) is 0 Å². The van der Waals surface area contributed by atoms with Gasteiger partial charge in [-0.3, -0.25) is 0 Å². The van der Waals surface area contributed by atoms with E-state index >= 15 is 0 Å². The summed E-state index contributed by atoms with van der Waals surface area (Å²) < 4.78 is 6.95. The van der Waals surface area contributed by atoms with Crippen molar-refractivity contribution < 1.29 is 4.42 Å². The molecule has 0 aliphatic carbocycles. The van der Waals surface area contributed by atoms with Gasteiger partial charge < -0.3 is 9.32 Å². The van der Waals surface area contributed by atoms with Crippen molar-refractivity contribution in [1.29, 1.82) is 0 Å². The van der Waals surface area contributed by atoms with Crippen molar-refractivity contribution in [2.45, 2.75) is 0 Å². The first-order chi connectivity index (χ1) is 26.8. The average molecular weight is 690 g/mol. The van der Waals surface area contributed by atoms with Gasteiger partial charge in [-0.1, -0.05) is 170 Å². The van der Waals surface area contributed by atoms with E-state index in [1.807, 2.05) is 0 Å². The predicted molar refractivity (Wildman–Crippen MR) is 228 cm³/mol. The second-order valence-corrected chi connectivity index (χ2v) is 13.7. The van der Waals surface area contributed by atoms with E-state index in [9.17, 15) is 0 Å². The summed E-state index contributed by atoms with van der Waals surface area (Å²) >= 11 is 0. The van der Waals surface area contributed by atoms with Crippen LogP contribution in [0.1, 0.15) is 0 Å². The molecule has 9 aromatic carbocycles. The molecule has 0 bridgehead atoms. The molecule has 2 nitrogen and oxygen atoms in total. The van der Waals surface area contributed by atoms with E-state index in [0.717, 1.165) is 50.1 Å². The van der Waals surface area contributed by atoms with E-state index in [0.29, 0.717) is 0 Å². The Morgan fingerprint density at radius 3 is 1.30 bits per heavy atom. The topological polar surface area (TPSA) is 16.4 Å². The number of nitrogens with zero attached hydrogens (tertiary/aromatic N) is 1. The first kappa shape index (κ1) is 31.6. The van der Waals surface area contributed by atoms with Crippen LogP contribution in [0.3, 0.4) is 0 Å². The Balaban J connectivity index is 1.20. The summed E-state index contributed by atoms with van der Waals surface area (Å²) in [5.41, 5.74) is 14.2. The fourth-order valence-electron chi connectivity index (χ4n) is 7.81. The SMILES string of the molecule is c1ccc(-c2ccc(-c3ccc(N(c4ccc(-c5ccccc5)cc4)c4ccc(-c5ccccc5)cc4)c4c3oc3ccc5ccccc5c34)cc2)cc1. The molecule has 0 aliphatic rings. The molecule has 10 aromatic rings. The largest absolute Gasteiger partial charge is 0.455 e. The minimum absolute atomic E-state index is 0.872.